The van der Waals surface area contributed by atoms with Crippen molar-refractivity contribution in [2.75, 3.05) is 0 Å². The first-order valence-corrected chi connectivity index (χ1v) is 6.53. The summed E-state index contributed by atoms with van der Waals surface area (Å²) in [7, 11) is 0. The average molecular weight is 260 g/mol. The minimum absolute atomic E-state index is 0.546. The summed E-state index contributed by atoms with van der Waals surface area (Å²) in [6.45, 7) is 0.919. The molecule has 0 atom stereocenters. The molecule has 0 saturated heterocycles. The number of rotatable bonds is 1. The molecule has 1 aromatic carbocycles. The first kappa shape index (κ1) is 11.5. The van der Waals surface area contributed by atoms with Gasteiger partial charge in [-0.3, -0.25) is 5.41 Å². The highest BCUT2D eigenvalue weighted by atomic mass is 35.5. The average Bonchev–Trinajstić information content (AvgIpc) is 2.39. The highest BCUT2D eigenvalue weighted by molar-refractivity contribution is 6.30. The molecule has 1 aliphatic heterocycles. The molecule has 4 heteroatoms. The Morgan fingerprint density at radius 1 is 1.17 bits per heavy atom. The molecule has 3 nitrogen and oxygen atoms in total. The topological polar surface area (TPSA) is 41.7 Å². The molecule has 1 aliphatic rings. The second-order valence-electron chi connectivity index (χ2n) is 4.56. The monoisotopic (exact) mass is 259 g/mol. The first-order chi connectivity index (χ1) is 8.74. The fourth-order valence-electron chi connectivity index (χ4n) is 2.34. The molecular weight excluding hydrogens is 246 g/mol. The van der Waals surface area contributed by atoms with E-state index in [9.17, 15) is 0 Å². The molecule has 0 radical (unpaired) electrons. The van der Waals surface area contributed by atoms with Gasteiger partial charge in [0.2, 0.25) is 0 Å². The molecule has 0 saturated carbocycles. The summed E-state index contributed by atoms with van der Waals surface area (Å²) < 4.78 is 2.00. The first-order valence-electron chi connectivity index (χ1n) is 6.15. The van der Waals surface area contributed by atoms with Gasteiger partial charge in [0, 0.05) is 29.6 Å². The predicted molar refractivity (Wildman–Crippen MR) is 71.5 cm³/mol. The van der Waals surface area contributed by atoms with Crippen molar-refractivity contribution in [2.24, 2.45) is 0 Å². The molecule has 1 N–H and O–H groups in total. The van der Waals surface area contributed by atoms with E-state index in [1.54, 1.807) is 0 Å². The van der Waals surface area contributed by atoms with Gasteiger partial charge in [0.05, 0.1) is 5.69 Å². The zero-order chi connectivity index (χ0) is 12.5. The smallest absolute Gasteiger partial charge is 0.128 e. The van der Waals surface area contributed by atoms with Crippen LogP contribution >= 0.6 is 11.6 Å². The van der Waals surface area contributed by atoms with Crippen molar-refractivity contribution in [3.63, 3.8) is 0 Å². The highest BCUT2D eigenvalue weighted by Gasteiger charge is 2.12. The summed E-state index contributed by atoms with van der Waals surface area (Å²) in [6.07, 6.45) is 3.27. The molecule has 0 bridgehead atoms. The van der Waals surface area contributed by atoms with Crippen molar-refractivity contribution in [1.82, 2.24) is 9.55 Å². The van der Waals surface area contributed by atoms with E-state index >= 15 is 0 Å². The van der Waals surface area contributed by atoms with Crippen LogP contribution in [0.4, 0.5) is 0 Å². The van der Waals surface area contributed by atoms with E-state index in [0.717, 1.165) is 47.9 Å². The molecule has 0 amide bonds. The van der Waals surface area contributed by atoms with Crippen molar-refractivity contribution >= 4 is 11.6 Å². The van der Waals surface area contributed by atoms with Gasteiger partial charge < -0.3 is 4.57 Å². The molecule has 1 aromatic heterocycles. The number of hydrogen-bond donors (Lipinski definition) is 1. The van der Waals surface area contributed by atoms with E-state index in [-0.39, 0.29) is 0 Å². The summed E-state index contributed by atoms with van der Waals surface area (Å²) in [4.78, 5) is 4.67. The largest absolute Gasteiger partial charge is 0.315 e. The predicted octanol–water partition coefficient (Wildman–Crippen LogP) is 3.02. The van der Waals surface area contributed by atoms with Crippen molar-refractivity contribution in [3.05, 3.63) is 46.7 Å². The van der Waals surface area contributed by atoms with Gasteiger partial charge in [-0.05, 0) is 25.0 Å². The molecule has 2 aromatic rings. The van der Waals surface area contributed by atoms with E-state index in [4.69, 9.17) is 17.0 Å². The van der Waals surface area contributed by atoms with Gasteiger partial charge in [-0.25, -0.2) is 4.98 Å². The Morgan fingerprint density at radius 2 is 1.94 bits per heavy atom. The minimum Gasteiger partial charge on any atom is -0.315 e. The van der Waals surface area contributed by atoms with Gasteiger partial charge in [0.1, 0.15) is 11.3 Å². The maximum absolute atomic E-state index is 8.08. The zero-order valence-electron chi connectivity index (χ0n) is 9.99. The lowest BCUT2D eigenvalue weighted by Gasteiger charge is -2.18. The fraction of sp³-hybridized carbons (Fsp3) is 0.286. The van der Waals surface area contributed by atoms with Crippen LogP contribution in [-0.2, 0) is 13.0 Å². The second-order valence-corrected chi connectivity index (χ2v) is 4.99. The third kappa shape index (κ3) is 2.06. The normalized spacial score (nSPS) is 14.3. The molecule has 0 fully saturated rings. The Kier molecular flexibility index (Phi) is 2.92. The SMILES string of the molecule is N=c1cc(-c2ccc(Cl)cc2)nc2n1CCCC2. The Balaban J connectivity index is 2.11. The van der Waals surface area contributed by atoms with E-state index in [0.29, 0.717) is 5.49 Å². The van der Waals surface area contributed by atoms with Crippen LogP contribution in [-0.4, -0.2) is 9.55 Å². The number of aromatic nitrogens is 2. The Bertz CT molecular complexity index is 628. The van der Waals surface area contributed by atoms with Gasteiger partial charge in [0.25, 0.3) is 0 Å². The van der Waals surface area contributed by atoms with E-state index in [1.807, 2.05) is 34.9 Å². The number of benzene rings is 1. The van der Waals surface area contributed by atoms with Crippen molar-refractivity contribution < 1.29 is 0 Å². The van der Waals surface area contributed by atoms with E-state index < -0.39 is 0 Å². The van der Waals surface area contributed by atoms with Gasteiger partial charge in [0.15, 0.2) is 0 Å². The van der Waals surface area contributed by atoms with Crippen LogP contribution in [0.3, 0.4) is 0 Å². The molecule has 3 rings (SSSR count). The molecule has 0 spiro atoms. The van der Waals surface area contributed by atoms with Crippen LogP contribution < -0.4 is 5.49 Å². The van der Waals surface area contributed by atoms with Crippen LogP contribution in [0, 0.1) is 5.41 Å². The van der Waals surface area contributed by atoms with E-state index in [2.05, 4.69) is 4.98 Å². The molecule has 18 heavy (non-hydrogen) atoms. The maximum atomic E-state index is 8.08. The highest BCUT2D eigenvalue weighted by Crippen LogP contribution is 2.20. The van der Waals surface area contributed by atoms with Gasteiger partial charge in [-0.2, -0.15) is 0 Å². The van der Waals surface area contributed by atoms with Crippen molar-refractivity contribution in [2.45, 2.75) is 25.8 Å². The quantitative estimate of drug-likeness (QED) is 0.840. The molecular formula is C14H14ClN3. The lowest BCUT2D eigenvalue weighted by Crippen LogP contribution is -2.28. The summed E-state index contributed by atoms with van der Waals surface area (Å²) in [5, 5.41) is 8.80. The van der Waals surface area contributed by atoms with Crippen LogP contribution in [0.5, 0.6) is 0 Å². The summed E-state index contributed by atoms with van der Waals surface area (Å²) in [5.74, 6) is 1.03. The standard InChI is InChI=1S/C14H14ClN3/c15-11-6-4-10(5-7-11)12-9-13(16)18-8-2-1-3-14(18)17-12/h4-7,9,16H,1-3,8H2. The number of fused-ring (bicyclic) bond motifs is 1. The van der Waals surface area contributed by atoms with Crippen molar-refractivity contribution in [3.8, 4) is 11.3 Å². The maximum Gasteiger partial charge on any atom is 0.128 e. The van der Waals surface area contributed by atoms with Crippen LogP contribution in [0.1, 0.15) is 18.7 Å². The Morgan fingerprint density at radius 3 is 2.72 bits per heavy atom. The number of halogens is 1. The number of hydrogen-bond acceptors (Lipinski definition) is 2. The van der Waals surface area contributed by atoms with Gasteiger partial charge in [-0.15, -0.1) is 0 Å². The number of nitrogens with one attached hydrogen (secondary N) is 1. The Labute approximate surface area is 111 Å². The summed E-state index contributed by atoms with van der Waals surface area (Å²) >= 11 is 5.88. The molecule has 0 unspecified atom stereocenters. The van der Waals surface area contributed by atoms with E-state index in [1.165, 1.54) is 0 Å². The minimum atomic E-state index is 0.546. The summed E-state index contributed by atoms with van der Waals surface area (Å²) in [5.41, 5.74) is 2.43. The third-order valence-electron chi connectivity index (χ3n) is 3.30. The van der Waals surface area contributed by atoms with Crippen LogP contribution in [0.2, 0.25) is 5.02 Å². The number of aryl methyl sites for hydroxylation is 1. The van der Waals surface area contributed by atoms with Crippen LogP contribution in [0.15, 0.2) is 30.3 Å². The second kappa shape index (κ2) is 4.58. The summed E-state index contributed by atoms with van der Waals surface area (Å²) in [6, 6.07) is 9.44. The van der Waals surface area contributed by atoms with Crippen molar-refractivity contribution in [1.29, 1.82) is 5.41 Å². The van der Waals surface area contributed by atoms with Gasteiger partial charge >= 0.3 is 0 Å². The fourth-order valence-corrected chi connectivity index (χ4v) is 2.47. The third-order valence-corrected chi connectivity index (χ3v) is 3.55. The lowest BCUT2D eigenvalue weighted by molar-refractivity contribution is 0.489. The van der Waals surface area contributed by atoms with Gasteiger partial charge in [-0.1, -0.05) is 23.7 Å². The molecule has 0 aliphatic carbocycles. The number of nitrogens with zero attached hydrogens (tertiary/aromatic N) is 2. The zero-order valence-corrected chi connectivity index (χ0v) is 10.7. The Hall–Kier alpha value is -1.61. The lowest BCUT2D eigenvalue weighted by atomic mass is 10.1. The van der Waals surface area contributed by atoms with Crippen LogP contribution in [0.25, 0.3) is 11.3 Å². The molecule has 92 valence electrons. The molecule has 2 heterocycles.